The van der Waals surface area contributed by atoms with Gasteiger partial charge in [-0.3, -0.25) is 0 Å². The van der Waals surface area contributed by atoms with Crippen molar-refractivity contribution in [2.24, 2.45) is 5.73 Å². The fourth-order valence-corrected chi connectivity index (χ4v) is 3.35. The Balaban J connectivity index is 2.32. The third-order valence-corrected chi connectivity index (χ3v) is 4.12. The first-order valence-corrected chi connectivity index (χ1v) is 6.52. The van der Waals surface area contributed by atoms with Crippen molar-refractivity contribution in [1.29, 1.82) is 0 Å². The van der Waals surface area contributed by atoms with E-state index in [4.69, 9.17) is 5.73 Å². The topological polar surface area (TPSA) is 72.2 Å². The number of nitrogens with two attached hydrogens (primary N) is 1. The summed E-state index contributed by atoms with van der Waals surface area (Å²) in [6.07, 6.45) is 1.65. The molecule has 1 rings (SSSR count). The summed E-state index contributed by atoms with van der Waals surface area (Å²) in [6.45, 7) is 2.69. The van der Waals surface area contributed by atoms with E-state index < -0.39 is 9.84 Å². The van der Waals surface area contributed by atoms with Gasteiger partial charge in [-0.2, -0.15) is 0 Å². The molecule has 1 heterocycles. The summed E-state index contributed by atoms with van der Waals surface area (Å²) >= 11 is 0. The van der Waals surface area contributed by atoms with E-state index in [1.165, 1.54) is 0 Å². The molecule has 5 heteroatoms. The molecule has 0 aromatic rings. The second-order valence-corrected chi connectivity index (χ2v) is 5.97. The van der Waals surface area contributed by atoms with Gasteiger partial charge in [0, 0.05) is 12.1 Å². The van der Waals surface area contributed by atoms with Crippen LogP contribution in [0.5, 0.6) is 0 Å². The van der Waals surface area contributed by atoms with Crippen LogP contribution in [0.1, 0.15) is 19.8 Å². The van der Waals surface area contributed by atoms with E-state index in [9.17, 15) is 8.42 Å². The number of sulfone groups is 1. The normalized spacial score (nSPS) is 28.9. The molecule has 2 unspecified atom stereocenters. The van der Waals surface area contributed by atoms with Crippen LogP contribution in [0.25, 0.3) is 0 Å². The molecule has 1 saturated heterocycles. The minimum Gasteiger partial charge on any atom is -0.330 e. The minimum atomic E-state index is -2.75. The van der Waals surface area contributed by atoms with Crippen LogP contribution >= 0.6 is 0 Å². The molecule has 0 amide bonds. The van der Waals surface area contributed by atoms with Crippen molar-refractivity contribution in [3.8, 4) is 0 Å². The molecule has 2 atom stereocenters. The first-order chi connectivity index (χ1) is 6.03. The van der Waals surface area contributed by atoms with Crippen molar-refractivity contribution in [2.45, 2.75) is 31.8 Å². The van der Waals surface area contributed by atoms with Crippen LogP contribution in [0.4, 0.5) is 0 Å². The molecule has 13 heavy (non-hydrogen) atoms. The Labute approximate surface area is 79.8 Å². The molecule has 1 fully saturated rings. The fraction of sp³-hybridized carbons (Fsp3) is 1.00. The third-order valence-electron chi connectivity index (χ3n) is 2.35. The van der Waals surface area contributed by atoms with Crippen LogP contribution in [-0.2, 0) is 9.84 Å². The molecular formula is C8H18N2O2S. The summed E-state index contributed by atoms with van der Waals surface area (Å²) in [4.78, 5) is 0. The van der Waals surface area contributed by atoms with E-state index in [0.717, 1.165) is 12.8 Å². The first-order valence-electron chi connectivity index (χ1n) is 4.70. The van der Waals surface area contributed by atoms with Crippen LogP contribution in [0.15, 0.2) is 0 Å². The predicted molar refractivity (Wildman–Crippen MR) is 53.3 cm³/mol. The van der Waals surface area contributed by atoms with Crippen LogP contribution in [0.3, 0.4) is 0 Å². The second kappa shape index (κ2) is 4.39. The number of nitrogens with one attached hydrogen (secondary N) is 1. The Morgan fingerprint density at radius 3 is 2.77 bits per heavy atom. The van der Waals surface area contributed by atoms with Crippen molar-refractivity contribution >= 4 is 9.84 Å². The van der Waals surface area contributed by atoms with E-state index in [2.05, 4.69) is 5.32 Å². The van der Waals surface area contributed by atoms with Crippen LogP contribution in [0, 0.1) is 0 Å². The lowest BCUT2D eigenvalue weighted by atomic mass is 10.2. The van der Waals surface area contributed by atoms with Gasteiger partial charge in [-0.1, -0.05) is 0 Å². The summed E-state index contributed by atoms with van der Waals surface area (Å²) in [6, 6.07) is 0.467. The monoisotopic (exact) mass is 206 g/mol. The molecule has 0 saturated carbocycles. The summed E-state index contributed by atoms with van der Waals surface area (Å²) in [5, 5.41) is 3.28. The number of rotatable bonds is 4. The molecule has 1 aliphatic rings. The molecule has 3 N–H and O–H groups in total. The first kappa shape index (κ1) is 10.9. The maximum Gasteiger partial charge on any atom is 0.151 e. The molecule has 1 aliphatic heterocycles. The van der Waals surface area contributed by atoms with Crippen molar-refractivity contribution in [1.82, 2.24) is 5.32 Å². The predicted octanol–water partition coefficient (Wildman–Crippen LogP) is -0.500. The zero-order chi connectivity index (χ0) is 9.90. The van der Waals surface area contributed by atoms with E-state index in [0.29, 0.717) is 24.1 Å². The van der Waals surface area contributed by atoms with E-state index in [1.807, 2.05) is 6.92 Å². The highest BCUT2D eigenvalue weighted by molar-refractivity contribution is 7.91. The highest BCUT2D eigenvalue weighted by Crippen LogP contribution is 2.12. The van der Waals surface area contributed by atoms with Crippen LogP contribution < -0.4 is 11.1 Å². The van der Waals surface area contributed by atoms with Crippen molar-refractivity contribution < 1.29 is 8.42 Å². The zero-order valence-corrected chi connectivity index (χ0v) is 8.81. The van der Waals surface area contributed by atoms with Gasteiger partial charge in [0.25, 0.3) is 0 Å². The Bertz CT molecular complexity index is 251. The van der Waals surface area contributed by atoms with Gasteiger partial charge in [0.1, 0.15) is 0 Å². The average molecular weight is 206 g/mol. The largest absolute Gasteiger partial charge is 0.330 e. The third kappa shape index (κ3) is 3.62. The number of hydrogen-bond donors (Lipinski definition) is 2. The molecule has 4 nitrogen and oxygen atoms in total. The lowest BCUT2D eigenvalue weighted by molar-refractivity contribution is 0.454. The summed E-state index contributed by atoms with van der Waals surface area (Å²) in [5.41, 5.74) is 5.40. The maximum absolute atomic E-state index is 11.1. The summed E-state index contributed by atoms with van der Waals surface area (Å²) in [7, 11) is -2.75. The Morgan fingerprint density at radius 2 is 2.31 bits per heavy atom. The van der Waals surface area contributed by atoms with Crippen LogP contribution in [-0.4, -0.2) is 38.6 Å². The second-order valence-electron chi connectivity index (χ2n) is 3.75. The van der Waals surface area contributed by atoms with E-state index in [1.54, 1.807) is 0 Å². The van der Waals surface area contributed by atoms with Gasteiger partial charge in [-0.05, 0) is 26.3 Å². The molecule has 78 valence electrons. The summed E-state index contributed by atoms with van der Waals surface area (Å²) in [5.74, 6) is 0.627. The maximum atomic E-state index is 11.1. The number of hydrogen-bond acceptors (Lipinski definition) is 4. The average Bonchev–Trinajstić information content (AvgIpc) is 2.30. The molecule has 0 aromatic heterocycles. The van der Waals surface area contributed by atoms with E-state index >= 15 is 0 Å². The van der Waals surface area contributed by atoms with Crippen molar-refractivity contribution in [2.75, 3.05) is 18.1 Å². The molecule has 0 aromatic carbocycles. The SMILES string of the molecule is CC(CCN)NC1CCS(=O)(=O)C1. The van der Waals surface area contributed by atoms with Gasteiger partial charge in [0.15, 0.2) is 9.84 Å². The Morgan fingerprint density at radius 1 is 1.62 bits per heavy atom. The fourth-order valence-electron chi connectivity index (χ4n) is 1.66. The smallest absolute Gasteiger partial charge is 0.151 e. The lowest BCUT2D eigenvalue weighted by Gasteiger charge is -2.17. The molecule has 0 radical (unpaired) electrons. The standard InChI is InChI=1S/C8H18N2O2S/c1-7(2-4-9)10-8-3-5-13(11,12)6-8/h7-8,10H,2-6,9H2,1H3. The van der Waals surface area contributed by atoms with Gasteiger partial charge in [0.2, 0.25) is 0 Å². The Hall–Kier alpha value is -0.130. The van der Waals surface area contributed by atoms with Gasteiger partial charge >= 0.3 is 0 Å². The quantitative estimate of drug-likeness (QED) is 0.650. The minimum absolute atomic E-state index is 0.145. The lowest BCUT2D eigenvalue weighted by Crippen LogP contribution is -2.38. The highest BCUT2D eigenvalue weighted by Gasteiger charge is 2.28. The van der Waals surface area contributed by atoms with Gasteiger partial charge < -0.3 is 11.1 Å². The van der Waals surface area contributed by atoms with E-state index in [-0.39, 0.29) is 6.04 Å². The molecule has 0 aliphatic carbocycles. The molecule has 0 spiro atoms. The van der Waals surface area contributed by atoms with Gasteiger partial charge in [-0.15, -0.1) is 0 Å². The molecular weight excluding hydrogens is 188 g/mol. The summed E-state index contributed by atoms with van der Waals surface area (Å²) < 4.78 is 22.2. The van der Waals surface area contributed by atoms with Crippen molar-refractivity contribution in [3.05, 3.63) is 0 Å². The molecule has 0 bridgehead atoms. The van der Waals surface area contributed by atoms with Gasteiger partial charge in [0.05, 0.1) is 11.5 Å². The van der Waals surface area contributed by atoms with Crippen molar-refractivity contribution in [3.63, 3.8) is 0 Å². The highest BCUT2D eigenvalue weighted by atomic mass is 32.2. The van der Waals surface area contributed by atoms with Gasteiger partial charge in [-0.25, -0.2) is 8.42 Å². The van der Waals surface area contributed by atoms with Crippen LogP contribution in [0.2, 0.25) is 0 Å². The Kier molecular flexibility index (Phi) is 3.70. The zero-order valence-electron chi connectivity index (χ0n) is 7.99.